The van der Waals surface area contributed by atoms with Gasteiger partial charge in [-0.3, -0.25) is 14.2 Å². The molecule has 270 valence electrons. The lowest BCUT2D eigenvalue weighted by Crippen LogP contribution is -2.24. The Bertz CT molecular complexity index is 2100. The highest BCUT2D eigenvalue weighted by molar-refractivity contribution is 7.99. The molecule has 0 N–H and O–H groups in total. The van der Waals surface area contributed by atoms with Crippen molar-refractivity contribution in [3.63, 3.8) is 0 Å². The fourth-order valence-corrected chi connectivity index (χ4v) is 7.52. The van der Waals surface area contributed by atoms with Crippen LogP contribution in [0.15, 0.2) is 131 Å². The van der Waals surface area contributed by atoms with Gasteiger partial charge in [0.1, 0.15) is 12.4 Å². The molecule has 0 aliphatic heterocycles. The summed E-state index contributed by atoms with van der Waals surface area (Å²) in [5.74, 6) is 1.46. The fourth-order valence-electron chi connectivity index (χ4n) is 6.65. The first kappa shape index (κ1) is 36.0. The smallest absolute Gasteiger partial charge is 0.310 e. The number of para-hydroxylation sites is 1. The maximum atomic E-state index is 12.0. The number of esters is 1. The minimum atomic E-state index is -0.231. The van der Waals surface area contributed by atoms with Crippen LogP contribution < -0.4 is 9.80 Å². The molecule has 1 heterocycles. The van der Waals surface area contributed by atoms with Gasteiger partial charge in [-0.1, -0.05) is 78.9 Å². The molecule has 1 aliphatic rings. The van der Waals surface area contributed by atoms with E-state index in [1.165, 1.54) is 28.7 Å². The van der Waals surface area contributed by atoms with Gasteiger partial charge in [0, 0.05) is 10.6 Å². The lowest BCUT2D eigenvalue weighted by Gasteiger charge is -2.24. The van der Waals surface area contributed by atoms with Crippen molar-refractivity contribution in [2.45, 2.75) is 69.2 Å². The van der Waals surface area contributed by atoms with Gasteiger partial charge < -0.3 is 9.47 Å². The molecule has 0 saturated heterocycles. The van der Waals surface area contributed by atoms with E-state index < -0.39 is 0 Å². The molecule has 0 spiro atoms. The Hall–Kier alpha value is -5.38. The van der Waals surface area contributed by atoms with Gasteiger partial charge >= 0.3 is 5.97 Å². The molecule has 0 radical (unpaired) electrons. The predicted octanol–water partition coefficient (Wildman–Crippen LogP) is 9.08. The molecular formula is C44H44N4O4S. The Morgan fingerprint density at radius 1 is 0.792 bits per heavy atom. The molecule has 6 aromatic rings. The number of carbonyl (C=O) groups is 1. The number of hydrogen-bond acceptors (Lipinski definition) is 8. The van der Waals surface area contributed by atoms with Gasteiger partial charge in [-0.15, -0.1) is 10.2 Å². The van der Waals surface area contributed by atoms with Crippen molar-refractivity contribution in [1.82, 2.24) is 14.8 Å². The van der Waals surface area contributed by atoms with Crippen LogP contribution in [0.3, 0.4) is 0 Å². The summed E-state index contributed by atoms with van der Waals surface area (Å²) in [6.07, 6.45) is 4.36. The Labute approximate surface area is 315 Å². The summed E-state index contributed by atoms with van der Waals surface area (Å²) < 4.78 is 13.6. The van der Waals surface area contributed by atoms with Gasteiger partial charge in [0.25, 0.3) is 0 Å². The van der Waals surface area contributed by atoms with Crippen molar-refractivity contribution in [1.29, 1.82) is 0 Å². The first-order valence-electron chi connectivity index (χ1n) is 18.2. The van der Waals surface area contributed by atoms with Crippen molar-refractivity contribution in [3.8, 4) is 11.4 Å². The second kappa shape index (κ2) is 17.4. The van der Waals surface area contributed by atoms with Crippen molar-refractivity contribution in [3.05, 3.63) is 161 Å². The van der Waals surface area contributed by atoms with E-state index in [4.69, 9.17) is 14.3 Å². The fraction of sp³-hybridized carbons (Fsp3) is 0.250. The molecule has 0 amide bonds. The number of rotatable bonds is 16. The van der Waals surface area contributed by atoms with Gasteiger partial charge in [-0.05, 0) is 127 Å². The monoisotopic (exact) mass is 724 g/mol. The summed E-state index contributed by atoms with van der Waals surface area (Å²) in [7, 11) is 0. The third kappa shape index (κ3) is 9.17. The lowest BCUT2D eigenvalue weighted by atomic mass is 10.0. The van der Waals surface area contributed by atoms with Gasteiger partial charge in [0.2, 0.25) is 5.16 Å². The number of aromatic nitrogens is 3. The van der Waals surface area contributed by atoms with E-state index in [-0.39, 0.29) is 12.4 Å². The molecule has 0 bridgehead atoms. The van der Waals surface area contributed by atoms with Crippen LogP contribution in [0.25, 0.3) is 5.69 Å². The number of aryl methyl sites for hydroxylation is 1. The predicted molar refractivity (Wildman–Crippen MR) is 209 cm³/mol. The summed E-state index contributed by atoms with van der Waals surface area (Å²) in [4.78, 5) is 19.5. The Kier molecular flexibility index (Phi) is 11.8. The van der Waals surface area contributed by atoms with Crippen LogP contribution in [0.2, 0.25) is 0 Å². The zero-order valence-corrected chi connectivity index (χ0v) is 31.1. The molecule has 0 unspecified atom stereocenters. The van der Waals surface area contributed by atoms with E-state index in [0.29, 0.717) is 26.4 Å². The SMILES string of the molecule is CCOC(=O)Cc1ccc(N(Cc2ccc(Sc3nnc(COc4ccc(C)c5c4CCC5)n3-c3ccccc3)cc2)OCCc2ccccc2)cc1. The molecule has 9 heteroatoms. The molecule has 1 aromatic heterocycles. The van der Waals surface area contributed by atoms with Crippen LogP contribution in [-0.4, -0.2) is 33.9 Å². The van der Waals surface area contributed by atoms with Crippen LogP contribution in [-0.2, 0) is 53.2 Å². The van der Waals surface area contributed by atoms with Crippen LogP contribution in [0.4, 0.5) is 5.69 Å². The lowest BCUT2D eigenvalue weighted by molar-refractivity contribution is -0.142. The molecular weight excluding hydrogens is 681 g/mol. The standard InChI is InChI=1S/C44H44N4O4S/c1-3-50-43(49)29-34-18-22-36(23-19-34)47(52-28-27-33-11-6-4-7-12-33)30-35-20-24-38(25-21-35)53-44-46-45-42(48(44)37-13-8-5-9-14-37)31-51-41-26-17-32(2)39-15-10-16-40(39)41/h4-9,11-14,17-26H,3,10,15-16,27-31H2,1-2H3. The largest absolute Gasteiger partial charge is 0.485 e. The third-order valence-corrected chi connectivity index (χ3v) is 10.3. The van der Waals surface area contributed by atoms with E-state index in [0.717, 1.165) is 63.4 Å². The molecule has 0 saturated carbocycles. The summed E-state index contributed by atoms with van der Waals surface area (Å²) in [5.41, 5.74) is 9.20. The van der Waals surface area contributed by atoms with Crippen LogP contribution in [0, 0.1) is 6.92 Å². The summed E-state index contributed by atoms with van der Waals surface area (Å²) in [6.45, 7) is 5.76. The Balaban J connectivity index is 1.06. The first-order chi connectivity index (χ1) is 26.0. The number of benzene rings is 5. The van der Waals surface area contributed by atoms with Gasteiger partial charge in [-0.25, -0.2) is 5.06 Å². The Morgan fingerprint density at radius 2 is 1.51 bits per heavy atom. The van der Waals surface area contributed by atoms with E-state index in [1.807, 2.05) is 72.7 Å². The maximum absolute atomic E-state index is 12.0. The number of fused-ring (bicyclic) bond motifs is 1. The summed E-state index contributed by atoms with van der Waals surface area (Å²) >= 11 is 1.57. The van der Waals surface area contributed by atoms with Gasteiger partial charge in [0.05, 0.1) is 31.9 Å². The number of anilines is 1. The quantitative estimate of drug-likeness (QED) is 0.0723. The average Bonchev–Trinajstić information content (AvgIpc) is 3.85. The third-order valence-electron chi connectivity index (χ3n) is 9.36. The zero-order chi connectivity index (χ0) is 36.4. The molecule has 5 aromatic carbocycles. The molecule has 1 aliphatic carbocycles. The molecule has 8 nitrogen and oxygen atoms in total. The highest BCUT2D eigenvalue weighted by atomic mass is 32.2. The number of carbonyl (C=O) groups excluding carboxylic acids is 1. The maximum Gasteiger partial charge on any atom is 0.310 e. The first-order valence-corrected chi connectivity index (χ1v) is 19.1. The van der Waals surface area contributed by atoms with E-state index in [1.54, 1.807) is 11.8 Å². The number of nitrogens with zero attached hydrogens (tertiary/aromatic N) is 4. The van der Waals surface area contributed by atoms with Crippen molar-refractivity contribution >= 4 is 23.4 Å². The highest BCUT2D eigenvalue weighted by Gasteiger charge is 2.20. The molecule has 53 heavy (non-hydrogen) atoms. The van der Waals surface area contributed by atoms with Crippen LogP contribution >= 0.6 is 11.8 Å². The minimum Gasteiger partial charge on any atom is -0.485 e. The summed E-state index contributed by atoms with van der Waals surface area (Å²) in [6, 6.07) is 41.1. The molecule has 7 rings (SSSR count). The van der Waals surface area contributed by atoms with E-state index in [9.17, 15) is 4.79 Å². The average molecular weight is 725 g/mol. The Morgan fingerprint density at radius 3 is 2.26 bits per heavy atom. The van der Waals surface area contributed by atoms with Crippen molar-refractivity contribution in [2.24, 2.45) is 0 Å². The normalized spacial score (nSPS) is 12.0. The van der Waals surface area contributed by atoms with E-state index >= 15 is 0 Å². The van der Waals surface area contributed by atoms with Crippen LogP contribution in [0.5, 0.6) is 5.75 Å². The van der Waals surface area contributed by atoms with Crippen molar-refractivity contribution in [2.75, 3.05) is 18.3 Å². The topological polar surface area (TPSA) is 78.7 Å². The molecule has 0 atom stereocenters. The van der Waals surface area contributed by atoms with E-state index in [2.05, 4.69) is 82.4 Å². The van der Waals surface area contributed by atoms with Gasteiger partial charge in [0.15, 0.2) is 5.82 Å². The molecule has 0 fully saturated rings. The van der Waals surface area contributed by atoms with Gasteiger partial charge in [-0.2, -0.15) is 0 Å². The number of hydrogen-bond donors (Lipinski definition) is 0. The minimum absolute atomic E-state index is 0.231. The summed E-state index contributed by atoms with van der Waals surface area (Å²) in [5, 5.41) is 11.9. The van der Waals surface area contributed by atoms with Crippen LogP contribution in [0.1, 0.15) is 52.5 Å². The second-order valence-electron chi connectivity index (χ2n) is 13.0. The number of ether oxygens (including phenoxy) is 2. The highest BCUT2D eigenvalue weighted by Crippen LogP contribution is 2.34. The number of hydroxylamine groups is 1. The second-order valence-corrected chi connectivity index (χ2v) is 14.1. The van der Waals surface area contributed by atoms with Crippen molar-refractivity contribution < 1.29 is 19.1 Å². The zero-order valence-electron chi connectivity index (χ0n) is 30.2.